The van der Waals surface area contributed by atoms with Crippen LogP contribution in [0.15, 0.2) is 0 Å². The Morgan fingerprint density at radius 3 is 1.05 bits per heavy atom. The van der Waals surface area contributed by atoms with E-state index in [1.54, 1.807) is 0 Å². The van der Waals surface area contributed by atoms with Gasteiger partial charge in [-0.1, -0.05) is 0 Å². The van der Waals surface area contributed by atoms with E-state index < -0.39 is 17.9 Å². The van der Waals surface area contributed by atoms with Crippen molar-refractivity contribution in [3.63, 3.8) is 0 Å². The van der Waals surface area contributed by atoms with E-state index in [1.165, 1.54) is 0 Å². The van der Waals surface area contributed by atoms with Crippen molar-refractivity contribution in [2.24, 2.45) is 0 Å². The summed E-state index contributed by atoms with van der Waals surface area (Å²) in [5.74, 6) is 0. The lowest BCUT2D eigenvalue weighted by atomic mass is 10.9. The van der Waals surface area contributed by atoms with Gasteiger partial charge >= 0.3 is 17.9 Å². The predicted octanol–water partition coefficient (Wildman–Crippen LogP) is 2.14. The van der Waals surface area contributed by atoms with E-state index in [0.29, 0.717) is 39.6 Å². The van der Waals surface area contributed by atoms with Crippen LogP contribution in [-0.4, -0.2) is 63.7 Å². The second-order valence-electron chi connectivity index (χ2n) is 4.07. The summed E-state index contributed by atoms with van der Waals surface area (Å²) in [6, 6.07) is 0. The Morgan fingerprint density at radius 2 is 0.773 bits per heavy atom. The van der Waals surface area contributed by atoms with Crippen LogP contribution in [0, 0.1) is 0 Å². The molecule has 0 saturated heterocycles. The number of hydrogen-bond acceptors (Lipinski definition) is 7. The summed E-state index contributed by atoms with van der Waals surface area (Å²) < 4.78 is 40.2. The van der Waals surface area contributed by atoms with E-state index in [4.69, 9.17) is 31.0 Å². The van der Waals surface area contributed by atoms with Gasteiger partial charge < -0.3 is 31.0 Å². The number of hydrogen-bond donors (Lipinski definition) is 0. The molecule has 0 atom stereocenters. The highest BCUT2D eigenvalue weighted by atomic mass is 28.4. The maximum atomic E-state index is 5.93. The van der Waals surface area contributed by atoms with Gasteiger partial charge in [0, 0.05) is 39.6 Å². The van der Waals surface area contributed by atoms with Crippen molar-refractivity contribution >= 4 is 17.9 Å². The van der Waals surface area contributed by atoms with Gasteiger partial charge in [-0.2, -0.15) is 0 Å². The van der Waals surface area contributed by atoms with Crippen molar-refractivity contribution in [2.45, 2.75) is 41.5 Å². The predicted molar refractivity (Wildman–Crippen MR) is 87.2 cm³/mol. The lowest BCUT2D eigenvalue weighted by molar-refractivity contribution is -0.0355. The van der Waals surface area contributed by atoms with Gasteiger partial charge in [0.25, 0.3) is 0 Å². The first-order chi connectivity index (χ1) is 10.6. The summed E-state index contributed by atoms with van der Waals surface area (Å²) in [4.78, 5) is 0. The van der Waals surface area contributed by atoms with E-state index in [-0.39, 0.29) is 6.23 Å². The Bertz CT molecular complexity index is 209. The fourth-order valence-electron chi connectivity index (χ4n) is 1.87. The molecule has 0 aromatic carbocycles. The summed E-state index contributed by atoms with van der Waals surface area (Å²) in [7, 11) is -6.12. The molecule has 0 saturated carbocycles. The molecule has 0 fully saturated rings. The van der Waals surface area contributed by atoms with Crippen molar-refractivity contribution in [3.05, 3.63) is 0 Å². The van der Waals surface area contributed by atoms with Crippen LogP contribution in [-0.2, 0) is 31.0 Å². The summed E-state index contributed by atoms with van der Waals surface area (Å²) in [6.45, 7) is 14.1. The van der Waals surface area contributed by atoms with E-state index in [9.17, 15) is 0 Å². The zero-order valence-electron chi connectivity index (χ0n) is 14.8. The van der Waals surface area contributed by atoms with Gasteiger partial charge in [-0.3, -0.25) is 0 Å². The second kappa shape index (κ2) is 12.6. The van der Waals surface area contributed by atoms with Crippen LogP contribution in [0.3, 0.4) is 0 Å². The quantitative estimate of drug-likeness (QED) is 0.416. The van der Waals surface area contributed by atoms with Gasteiger partial charge in [-0.15, -0.1) is 0 Å². The van der Waals surface area contributed by atoms with Crippen LogP contribution < -0.4 is 0 Å². The summed E-state index contributed by atoms with van der Waals surface area (Å²) in [6.07, 6.45) is 0.148. The molecule has 0 aliphatic rings. The molecular weight excluding hydrogens is 324 g/mol. The fourth-order valence-corrected chi connectivity index (χ4v) is 6.66. The molecule has 0 amide bonds. The van der Waals surface area contributed by atoms with Crippen molar-refractivity contribution in [1.29, 1.82) is 0 Å². The Morgan fingerprint density at radius 1 is 0.455 bits per heavy atom. The molecule has 22 heavy (non-hydrogen) atoms. The largest absolute Gasteiger partial charge is 0.679 e. The van der Waals surface area contributed by atoms with Crippen molar-refractivity contribution in [3.8, 4) is 0 Å². The molecule has 0 aliphatic carbocycles. The highest BCUT2D eigenvalue weighted by Crippen LogP contribution is 2.17. The average Bonchev–Trinajstić information content (AvgIpc) is 2.47. The highest BCUT2D eigenvalue weighted by molar-refractivity contribution is 6.62. The fraction of sp³-hybridized carbons (Fsp3) is 1.00. The minimum absolute atomic E-state index is 0.148. The molecular formula is C13H32O7Si2. The third kappa shape index (κ3) is 7.62. The zero-order chi connectivity index (χ0) is 16.9. The van der Waals surface area contributed by atoms with Crippen LogP contribution in [0.1, 0.15) is 41.5 Å². The minimum Gasteiger partial charge on any atom is -0.372 e. The molecule has 0 radical (unpaired) electrons. The van der Waals surface area contributed by atoms with Crippen LogP contribution in [0.4, 0.5) is 0 Å². The molecule has 0 N–H and O–H groups in total. The van der Waals surface area contributed by atoms with Crippen LogP contribution in [0.25, 0.3) is 0 Å². The number of rotatable bonds is 15. The van der Waals surface area contributed by atoms with E-state index in [2.05, 4.69) is 0 Å². The van der Waals surface area contributed by atoms with Gasteiger partial charge in [0.1, 0.15) is 6.23 Å². The van der Waals surface area contributed by atoms with Gasteiger partial charge in [-0.25, -0.2) is 0 Å². The van der Waals surface area contributed by atoms with Gasteiger partial charge in [0.05, 0.1) is 0 Å². The molecule has 0 spiro atoms. The van der Waals surface area contributed by atoms with Crippen LogP contribution in [0.5, 0.6) is 0 Å². The third-order valence-electron chi connectivity index (χ3n) is 2.48. The SMILES string of the molecule is CCO[Si](CO[Si](OCC)(OCC)OCC)(OCC)OCC. The van der Waals surface area contributed by atoms with E-state index in [0.717, 1.165) is 0 Å². The van der Waals surface area contributed by atoms with Crippen molar-refractivity contribution < 1.29 is 31.0 Å². The lowest BCUT2D eigenvalue weighted by Gasteiger charge is -2.32. The first kappa shape index (κ1) is 22.2. The molecule has 0 aromatic heterocycles. The summed E-state index contributed by atoms with van der Waals surface area (Å²) in [5.41, 5.74) is 0. The standard InChI is InChI=1S/C13H32O7Si2/c1-7-14-21(15-8-2,16-9-3)13-20-22(17-10-4,18-11-5)19-12-6/h7-13H2,1-6H3. The van der Waals surface area contributed by atoms with Crippen LogP contribution in [0.2, 0.25) is 0 Å². The summed E-state index contributed by atoms with van der Waals surface area (Å²) in [5, 5.41) is 0. The topological polar surface area (TPSA) is 64.6 Å². The average molecular weight is 357 g/mol. The van der Waals surface area contributed by atoms with Gasteiger partial charge in [0.2, 0.25) is 0 Å². The van der Waals surface area contributed by atoms with E-state index in [1.807, 2.05) is 41.5 Å². The Balaban J connectivity index is 5.04. The lowest BCUT2D eigenvalue weighted by Crippen LogP contribution is -2.57. The molecule has 0 rings (SSSR count). The molecule has 134 valence electrons. The maximum absolute atomic E-state index is 5.93. The first-order valence-corrected chi connectivity index (χ1v) is 11.6. The minimum atomic E-state index is -3.20. The van der Waals surface area contributed by atoms with E-state index >= 15 is 0 Å². The smallest absolute Gasteiger partial charge is 0.372 e. The molecule has 0 heterocycles. The molecule has 0 aromatic rings. The van der Waals surface area contributed by atoms with Gasteiger partial charge in [-0.05, 0) is 41.5 Å². The Hall–Kier alpha value is 0.154. The molecule has 0 unspecified atom stereocenters. The van der Waals surface area contributed by atoms with Crippen molar-refractivity contribution in [1.82, 2.24) is 0 Å². The van der Waals surface area contributed by atoms with Crippen LogP contribution >= 0.6 is 0 Å². The molecule has 9 heteroatoms. The first-order valence-electron chi connectivity index (χ1n) is 8.05. The van der Waals surface area contributed by atoms with Gasteiger partial charge in [0.15, 0.2) is 0 Å². The zero-order valence-corrected chi connectivity index (χ0v) is 16.8. The maximum Gasteiger partial charge on any atom is 0.679 e. The van der Waals surface area contributed by atoms with Crippen molar-refractivity contribution in [2.75, 3.05) is 45.9 Å². The third-order valence-corrected chi connectivity index (χ3v) is 7.88. The molecule has 0 aliphatic heterocycles. The summed E-state index contributed by atoms with van der Waals surface area (Å²) >= 11 is 0. The Labute approximate surface area is 137 Å². The highest BCUT2D eigenvalue weighted by Gasteiger charge is 2.51. The normalized spacial score (nSPS) is 12.8. The molecule has 7 nitrogen and oxygen atoms in total. The molecule has 0 bridgehead atoms. The monoisotopic (exact) mass is 356 g/mol. The Kier molecular flexibility index (Phi) is 12.6. The second-order valence-corrected chi connectivity index (χ2v) is 8.75.